The highest BCUT2D eigenvalue weighted by Crippen LogP contribution is 2.33. The second-order valence-corrected chi connectivity index (χ2v) is 10.00. The number of nitriles is 1. The zero-order chi connectivity index (χ0) is 22.9. The molecule has 0 saturated carbocycles. The number of nitrogens with zero attached hydrogens (tertiary/aromatic N) is 3. The van der Waals surface area contributed by atoms with Gasteiger partial charge in [-0.05, 0) is 40.7 Å². The number of fused-ring (bicyclic) bond motifs is 1. The van der Waals surface area contributed by atoms with Gasteiger partial charge in [0.2, 0.25) is 0 Å². The molecule has 0 atom stereocenters. The van der Waals surface area contributed by atoms with Crippen molar-refractivity contribution in [2.75, 3.05) is 0 Å². The van der Waals surface area contributed by atoms with Crippen LogP contribution in [0.3, 0.4) is 0 Å². The summed E-state index contributed by atoms with van der Waals surface area (Å²) in [7, 11) is 0. The van der Waals surface area contributed by atoms with Crippen molar-refractivity contribution < 1.29 is 0 Å². The molecule has 0 amide bonds. The Balaban J connectivity index is 1.85. The number of rotatable bonds is 5. The third-order valence-corrected chi connectivity index (χ3v) is 6.58. The van der Waals surface area contributed by atoms with Gasteiger partial charge in [0.25, 0.3) is 5.56 Å². The van der Waals surface area contributed by atoms with E-state index in [-0.39, 0.29) is 11.0 Å². The van der Waals surface area contributed by atoms with Gasteiger partial charge < -0.3 is 0 Å². The molecule has 4 nitrogen and oxygen atoms in total. The maximum Gasteiger partial charge on any atom is 0.263 e. The maximum absolute atomic E-state index is 13.7. The second kappa shape index (κ2) is 8.72. The first-order valence-electron chi connectivity index (χ1n) is 10.9. The summed E-state index contributed by atoms with van der Waals surface area (Å²) in [5.74, 6) is 0.795. The van der Waals surface area contributed by atoms with Crippen molar-refractivity contribution in [1.29, 1.82) is 5.26 Å². The molecule has 5 heteroatoms. The molecule has 32 heavy (non-hydrogen) atoms. The highest BCUT2D eigenvalue weighted by molar-refractivity contribution is 7.17. The first-order valence-corrected chi connectivity index (χ1v) is 11.8. The van der Waals surface area contributed by atoms with Gasteiger partial charge in [0.1, 0.15) is 10.7 Å². The average Bonchev–Trinajstić information content (AvgIpc) is 3.20. The van der Waals surface area contributed by atoms with Gasteiger partial charge in [0.05, 0.1) is 23.6 Å². The smallest absolute Gasteiger partial charge is 0.263 e. The van der Waals surface area contributed by atoms with Gasteiger partial charge in [-0.15, -0.1) is 11.3 Å². The molecule has 2 heterocycles. The van der Waals surface area contributed by atoms with Crippen molar-refractivity contribution in [2.24, 2.45) is 0 Å². The Morgan fingerprint density at radius 2 is 1.88 bits per heavy atom. The summed E-state index contributed by atoms with van der Waals surface area (Å²) in [6.45, 7) is 9.09. The Morgan fingerprint density at radius 3 is 2.53 bits per heavy atom. The summed E-state index contributed by atoms with van der Waals surface area (Å²) in [4.78, 5) is 19.4. The van der Waals surface area contributed by atoms with E-state index in [1.807, 2.05) is 23.6 Å². The van der Waals surface area contributed by atoms with E-state index >= 15 is 0 Å². The van der Waals surface area contributed by atoms with Gasteiger partial charge in [-0.3, -0.25) is 9.36 Å². The lowest BCUT2D eigenvalue weighted by Gasteiger charge is -2.19. The van der Waals surface area contributed by atoms with E-state index in [2.05, 4.69) is 58.0 Å². The van der Waals surface area contributed by atoms with Crippen molar-refractivity contribution in [3.05, 3.63) is 86.8 Å². The molecule has 0 bridgehead atoms. The van der Waals surface area contributed by atoms with Crippen LogP contribution in [0.1, 0.15) is 56.6 Å². The quantitative estimate of drug-likeness (QED) is 0.365. The predicted octanol–water partition coefficient (Wildman–Crippen LogP) is 6.29. The lowest BCUT2D eigenvalue weighted by molar-refractivity contribution is 0.590. The number of aryl methyl sites for hydroxylation is 1. The minimum atomic E-state index is -0.0167. The zero-order valence-corrected chi connectivity index (χ0v) is 19.8. The van der Waals surface area contributed by atoms with Gasteiger partial charge in [0.15, 0.2) is 0 Å². The summed E-state index contributed by atoms with van der Waals surface area (Å²) in [5, 5.41) is 12.0. The fourth-order valence-corrected chi connectivity index (χ4v) is 4.88. The average molecular weight is 442 g/mol. The molecule has 0 aliphatic rings. The standard InChI is InChI=1S/C27H27N3OS/c1-5-7-23-29-25-24(26(31)30(23)16-19-9-6-8-18(14-19)15-28)22(17-32-25)20-10-12-21(13-11-20)27(2,3)4/h6,8-14,17H,5,7,16H2,1-4H3. The fraction of sp³-hybridized carbons (Fsp3) is 0.296. The van der Waals surface area contributed by atoms with Crippen molar-refractivity contribution >= 4 is 21.6 Å². The van der Waals surface area contributed by atoms with Crippen LogP contribution in [0.15, 0.2) is 58.7 Å². The van der Waals surface area contributed by atoms with Crippen molar-refractivity contribution in [3.8, 4) is 17.2 Å². The van der Waals surface area contributed by atoms with Crippen molar-refractivity contribution in [2.45, 2.75) is 52.5 Å². The Bertz CT molecular complexity index is 1370. The highest BCUT2D eigenvalue weighted by atomic mass is 32.1. The highest BCUT2D eigenvalue weighted by Gasteiger charge is 2.18. The van der Waals surface area contributed by atoms with Crippen LogP contribution in [0, 0.1) is 11.3 Å². The van der Waals surface area contributed by atoms with Gasteiger partial charge >= 0.3 is 0 Å². The molecule has 0 aliphatic heterocycles. The lowest BCUT2D eigenvalue weighted by atomic mass is 9.86. The molecule has 2 aromatic carbocycles. The van der Waals surface area contributed by atoms with E-state index in [1.165, 1.54) is 16.9 Å². The van der Waals surface area contributed by atoms with Gasteiger partial charge in [-0.2, -0.15) is 5.26 Å². The molecule has 0 unspecified atom stereocenters. The van der Waals surface area contributed by atoms with E-state index in [4.69, 9.17) is 4.98 Å². The van der Waals surface area contributed by atoms with Crippen LogP contribution in [-0.4, -0.2) is 9.55 Å². The monoisotopic (exact) mass is 441 g/mol. The SMILES string of the molecule is CCCc1nc2scc(-c3ccc(C(C)(C)C)cc3)c2c(=O)n1Cc1cccc(C#N)c1. The van der Waals surface area contributed by atoms with Gasteiger partial charge in [0, 0.05) is 17.4 Å². The van der Waals surface area contributed by atoms with Gasteiger partial charge in [-0.1, -0.05) is 64.1 Å². The van der Waals surface area contributed by atoms with E-state index in [0.717, 1.165) is 40.2 Å². The van der Waals surface area contributed by atoms with Crippen LogP contribution in [0.2, 0.25) is 0 Å². The van der Waals surface area contributed by atoms with E-state index in [0.29, 0.717) is 17.5 Å². The third kappa shape index (κ3) is 4.24. The summed E-state index contributed by atoms with van der Waals surface area (Å²) in [6, 6.07) is 18.1. The first-order chi connectivity index (χ1) is 15.3. The van der Waals surface area contributed by atoms with Crippen LogP contribution in [0.4, 0.5) is 0 Å². The van der Waals surface area contributed by atoms with E-state index in [1.54, 1.807) is 10.6 Å². The second-order valence-electron chi connectivity index (χ2n) is 9.14. The molecule has 0 spiro atoms. The molecule has 162 valence electrons. The van der Waals surface area contributed by atoms with E-state index < -0.39 is 0 Å². The maximum atomic E-state index is 13.7. The molecule has 4 rings (SSSR count). The van der Waals surface area contributed by atoms with Crippen molar-refractivity contribution in [1.82, 2.24) is 9.55 Å². The predicted molar refractivity (Wildman–Crippen MR) is 132 cm³/mol. The minimum absolute atomic E-state index is 0.0167. The van der Waals surface area contributed by atoms with E-state index in [9.17, 15) is 10.1 Å². The Morgan fingerprint density at radius 1 is 1.12 bits per heavy atom. The summed E-state index contributed by atoms with van der Waals surface area (Å²) >= 11 is 1.53. The normalized spacial score (nSPS) is 11.6. The van der Waals surface area contributed by atoms with Crippen LogP contribution in [0.5, 0.6) is 0 Å². The Hall–Kier alpha value is -3.23. The summed E-state index contributed by atoms with van der Waals surface area (Å²) < 4.78 is 1.78. The summed E-state index contributed by atoms with van der Waals surface area (Å²) in [5.41, 5.74) is 4.81. The zero-order valence-electron chi connectivity index (χ0n) is 19.0. The number of thiophene rings is 1. The molecule has 4 aromatic rings. The molecular formula is C27H27N3OS. The molecule has 0 aliphatic carbocycles. The van der Waals surface area contributed by atoms with Crippen molar-refractivity contribution in [3.63, 3.8) is 0 Å². The molecular weight excluding hydrogens is 414 g/mol. The van der Waals surface area contributed by atoms with Crippen LogP contribution < -0.4 is 5.56 Å². The number of aromatic nitrogens is 2. The van der Waals surface area contributed by atoms with Gasteiger partial charge in [-0.25, -0.2) is 4.98 Å². The molecule has 0 fully saturated rings. The molecule has 0 radical (unpaired) electrons. The molecule has 2 aromatic heterocycles. The Labute approximate surface area is 192 Å². The summed E-state index contributed by atoms with van der Waals surface area (Å²) in [6.07, 6.45) is 1.64. The van der Waals surface area contributed by atoms with Crippen LogP contribution in [-0.2, 0) is 18.4 Å². The topological polar surface area (TPSA) is 58.7 Å². The number of hydrogen-bond donors (Lipinski definition) is 0. The van der Waals surface area contributed by atoms with Crippen LogP contribution in [0.25, 0.3) is 21.3 Å². The molecule has 0 saturated heterocycles. The Kier molecular flexibility index (Phi) is 5.99. The van der Waals surface area contributed by atoms with Crippen LogP contribution >= 0.6 is 11.3 Å². The number of hydrogen-bond acceptors (Lipinski definition) is 4. The number of benzene rings is 2. The minimum Gasteiger partial charge on any atom is -0.292 e. The fourth-order valence-electron chi connectivity index (χ4n) is 3.93. The lowest BCUT2D eigenvalue weighted by Crippen LogP contribution is -2.25. The first kappa shape index (κ1) is 22.0. The molecule has 0 N–H and O–H groups in total. The largest absolute Gasteiger partial charge is 0.292 e. The third-order valence-electron chi connectivity index (χ3n) is 5.71.